The van der Waals surface area contributed by atoms with Crippen molar-refractivity contribution in [2.75, 3.05) is 32.7 Å². The second-order valence-electron chi connectivity index (χ2n) is 17.8. The summed E-state index contributed by atoms with van der Waals surface area (Å²) in [4.78, 5) is 64.3. The molecule has 0 spiro atoms. The lowest BCUT2D eigenvalue weighted by Gasteiger charge is -2.45. The van der Waals surface area contributed by atoms with Gasteiger partial charge in [0.25, 0.3) is 0 Å². The van der Waals surface area contributed by atoms with Gasteiger partial charge in [-0.25, -0.2) is 4.79 Å². The second-order valence-corrected chi connectivity index (χ2v) is 17.8. The third-order valence-corrected chi connectivity index (χ3v) is 12.1. The zero-order valence-corrected chi connectivity index (χ0v) is 40.0. The van der Waals surface area contributed by atoms with Gasteiger partial charge in [-0.05, 0) is 18.4 Å². The molecule has 1 aromatic carbocycles. The number of aliphatic hydroxyl groups is 3. The number of carbonyl (C=O) groups excluding carboxylic acids is 5. The number of aliphatic hydroxyl groups excluding tert-OH is 3. The fourth-order valence-corrected chi connectivity index (χ4v) is 8.00. The van der Waals surface area contributed by atoms with Gasteiger partial charge in [0.15, 0.2) is 6.23 Å². The van der Waals surface area contributed by atoms with Gasteiger partial charge in [0.2, 0.25) is 23.6 Å². The number of hydrogen-bond acceptors (Lipinski definition) is 10. The average molecular weight is 918 g/mol. The summed E-state index contributed by atoms with van der Waals surface area (Å²) in [5.41, 5.74) is 0.782. The number of unbranched alkanes of at least 4 members (excludes halogenated alkanes) is 23. The van der Waals surface area contributed by atoms with Crippen molar-refractivity contribution < 1.29 is 48.8 Å². The summed E-state index contributed by atoms with van der Waals surface area (Å²) in [6.45, 7) is 3.22. The fourth-order valence-electron chi connectivity index (χ4n) is 8.00. The van der Waals surface area contributed by atoms with Gasteiger partial charge in [0.05, 0.1) is 13.1 Å². The molecule has 0 radical (unpaired) electrons. The molecular weight excluding hydrogens is 831 g/mol. The number of rotatable bonds is 38. The first-order chi connectivity index (χ1) is 31.6. The molecule has 0 aromatic heterocycles. The van der Waals surface area contributed by atoms with E-state index >= 15 is 0 Å². The molecule has 15 nitrogen and oxygen atoms in total. The van der Waals surface area contributed by atoms with Gasteiger partial charge in [-0.2, -0.15) is 0 Å². The molecule has 2 rings (SSSR count). The maximum Gasteiger partial charge on any atom is 0.407 e. The lowest BCUT2D eigenvalue weighted by molar-refractivity contribution is -0.255. The van der Waals surface area contributed by atoms with Crippen LogP contribution in [0.3, 0.4) is 0 Å². The summed E-state index contributed by atoms with van der Waals surface area (Å²) in [6.07, 6.45) is 21.8. The summed E-state index contributed by atoms with van der Waals surface area (Å²) in [6, 6.07) is 9.02. The quantitative estimate of drug-likeness (QED) is 0.0335. The van der Waals surface area contributed by atoms with Crippen LogP contribution in [0.2, 0.25) is 0 Å². The Kier molecular flexibility index (Phi) is 32.9. The summed E-state index contributed by atoms with van der Waals surface area (Å²) >= 11 is 0. The predicted molar refractivity (Wildman–Crippen MR) is 253 cm³/mol. The van der Waals surface area contributed by atoms with Gasteiger partial charge in [-0.15, -0.1) is 0 Å². The van der Waals surface area contributed by atoms with Crippen molar-refractivity contribution >= 4 is 29.7 Å². The number of carbonyl (C=O) groups is 5. The van der Waals surface area contributed by atoms with Crippen molar-refractivity contribution in [2.45, 2.75) is 218 Å². The SMILES string of the molecule is CCCCCCCCCCCCCCCCCC(=O)N(CCCCCCCCCCCC)[C@@H]1O[C@H](CNC(=O)CNC(=O)CNC(=O)CNC(=O)OCc2ccccc2)[C@H](O)[C@H](O)[C@H]1O. The molecular formula is C50H87N5O10. The lowest BCUT2D eigenvalue weighted by Crippen LogP contribution is -2.65. The molecule has 5 atom stereocenters. The second kappa shape index (κ2) is 37.3. The highest BCUT2D eigenvalue weighted by atomic mass is 16.6. The zero-order chi connectivity index (χ0) is 47.3. The van der Waals surface area contributed by atoms with Crippen LogP contribution in [0.5, 0.6) is 0 Å². The van der Waals surface area contributed by atoms with E-state index in [0.717, 1.165) is 44.1 Å². The monoisotopic (exact) mass is 918 g/mol. The van der Waals surface area contributed by atoms with Crippen LogP contribution >= 0.6 is 0 Å². The number of nitrogens with one attached hydrogen (secondary N) is 4. The van der Waals surface area contributed by atoms with E-state index in [1.165, 1.54) is 114 Å². The van der Waals surface area contributed by atoms with Crippen LogP contribution in [-0.4, -0.2) is 113 Å². The van der Waals surface area contributed by atoms with E-state index < -0.39 is 74.1 Å². The summed E-state index contributed by atoms with van der Waals surface area (Å²) in [5.74, 6) is -2.12. The Morgan fingerprint density at radius 2 is 0.969 bits per heavy atom. The molecule has 1 fully saturated rings. The molecule has 15 heteroatoms. The van der Waals surface area contributed by atoms with Crippen LogP contribution in [0.15, 0.2) is 30.3 Å². The Balaban J connectivity index is 1.80. The van der Waals surface area contributed by atoms with Crippen LogP contribution in [0.25, 0.3) is 0 Å². The van der Waals surface area contributed by atoms with Crippen LogP contribution in [-0.2, 0) is 35.3 Å². The fraction of sp³-hybridized carbons (Fsp3) is 0.780. The Labute approximate surface area is 390 Å². The highest BCUT2D eigenvalue weighted by Gasteiger charge is 2.47. The molecule has 0 bridgehead atoms. The molecule has 1 aliphatic rings. The largest absolute Gasteiger partial charge is 0.445 e. The van der Waals surface area contributed by atoms with Crippen molar-refractivity contribution in [1.29, 1.82) is 0 Å². The Hall–Kier alpha value is -3.79. The van der Waals surface area contributed by atoms with Crippen molar-refractivity contribution in [3.05, 3.63) is 35.9 Å². The summed E-state index contributed by atoms with van der Waals surface area (Å²) < 4.78 is 11.2. The molecule has 1 heterocycles. The van der Waals surface area contributed by atoms with Gasteiger partial charge < -0.3 is 51.0 Å². The first kappa shape index (κ1) is 57.3. The normalized spacial score (nSPS) is 18.1. The number of benzene rings is 1. The first-order valence-electron chi connectivity index (χ1n) is 25.3. The van der Waals surface area contributed by atoms with E-state index in [1.54, 1.807) is 24.3 Å². The van der Waals surface area contributed by atoms with Crippen molar-refractivity contribution in [2.24, 2.45) is 0 Å². The lowest BCUT2D eigenvalue weighted by atomic mass is 9.96. The van der Waals surface area contributed by atoms with Crippen LogP contribution < -0.4 is 21.3 Å². The number of alkyl carbamates (subject to hydrolysis) is 1. The highest BCUT2D eigenvalue weighted by Crippen LogP contribution is 2.26. The molecule has 5 amide bonds. The van der Waals surface area contributed by atoms with Crippen molar-refractivity contribution in [3.63, 3.8) is 0 Å². The van der Waals surface area contributed by atoms with Crippen molar-refractivity contribution in [1.82, 2.24) is 26.2 Å². The van der Waals surface area contributed by atoms with Crippen LogP contribution in [0.4, 0.5) is 4.79 Å². The van der Waals surface area contributed by atoms with E-state index in [1.807, 2.05) is 6.07 Å². The van der Waals surface area contributed by atoms with Gasteiger partial charge in [-0.3, -0.25) is 19.2 Å². The summed E-state index contributed by atoms with van der Waals surface area (Å²) in [7, 11) is 0. The number of hydrogen-bond donors (Lipinski definition) is 7. The van der Waals surface area contributed by atoms with E-state index in [-0.39, 0.29) is 25.5 Å². The van der Waals surface area contributed by atoms with E-state index in [9.17, 15) is 39.3 Å². The van der Waals surface area contributed by atoms with Gasteiger partial charge in [0, 0.05) is 19.5 Å². The Morgan fingerprint density at radius 3 is 1.46 bits per heavy atom. The number of ether oxygens (including phenoxy) is 2. The minimum absolute atomic E-state index is 0.0326. The highest BCUT2D eigenvalue weighted by molar-refractivity contribution is 5.89. The molecule has 1 aromatic rings. The van der Waals surface area contributed by atoms with Gasteiger partial charge >= 0.3 is 6.09 Å². The minimum Gasteiger partial charge on any atom is -0.445 e. The molecule has 0 unspecified atom stereocenters. The topological polar surface area (TPSA) is 216 Å². The Morgan fingerprint density at radius 1 is 0.538 bits per heavy atom. The number of nitrogens with zero attached hydrogens (tertiary/aromatic N) is 1. The van der Waals surface area contributed by atoms with E-state index in [4.69, 9.17) is 9.47 Å². The van der Waals surface area contributed by atoms with E-state index in [0.29, 0.717) is 19.4 Å². The zero-order valence-electron chi connectivity index (χ0n) is 40.0. The van der Waals surface area contributed by atoms with Crippen LogP contribution in [0.1, 0.15) is 186 Å². The van der Waals surface area contributed by atoms with Gasteiger partial charge in [0.1, 0.15) is 37.6 Å². The average Bonchev–Trinajstić information content (AvgIpc) is 3.31. The Bertz CT molecular complexity index is 1420. The molecule has 0 saturated carbocycles. The predicted octanol–water partition coefficient (Wildman–Crippen LogP) is 7.08. The minimum atomic E-state index is -1.63. The summed E-state index contributed by atoms with van der Waals surface area (Å²) in [5, 5.41) is 42.5. The third kappa shape index (κ3) is 27.5. The molecule has 65 heavy (non-hydrogen) atoms. The molecule has 7 N–H and O–H groups in total. The van der Waals surface area contributed by atoms with Gasteiger partial charge in [-0.1, -0.05) is 192 Å². The maximum absolute atomic E-state index is 13.8. The van der Waals surface area contributed by atoms with Crippen LogP contribution in [0, 0.1) is 0 Å². The van der Waals surface area contributed by atoms with E-state index in [2.05, 4.69) is 35.1 Å². The number of amides is 5. The molecule has 372 valence electrons. The standard InChI is InChI=1S/C50H87N5O10/c1-3-5-7-9-11-13-15-16-17-18-19-20-22-24-29-33-45(59)55(34-30-25-23-21-14-12-10-8-6-4-2)49-48(62)47(61)46(60)41(65-49)35-51-42(56)36-52-43(57)37-53-44(58)38-54-50(63)64-39-40-31-27-26-28-32-40/h26-28,31-32,41,46-49,60-62H,3-25,29-30,33-39H2,1-2H3,(H,51,56)(H,52,57)(H,53,58)(H,54,63)/t41-,46+,47+,48-,49-/m1/s1. The maximum atomic E-state index is 13.8. The molecule has 1 saturated heterocycles. The molecule has 0 aliphatic carbocycles. The molecule has 1 aliphatic heterocycles. The van der Waals surface area contributed by atoms with Crippen molar-refractivity contribution in [3.8, 4) is 0 Å². The smallest absolute Gasteiger partial charge is 0.407 e. The third-order valence-electron chi connectivity index (χ3n) is 12.1. The first-order valence-corrected chi connectivity index (χ1v) is 25.3.